The summed E-state index contributed by atoms with van der Waals surface area (Å²) in [7, 11) is 0. The summed E-state index contributed by atoms with van der Waals surface area (Å²) < 4.78 is 0. The van der Waals surface area contributed by atoms with Crippen molar-refractivity contribution in [1.29, 1.82) is 0 Å². The lowest BCUT2D eigenvalue weighted by Crippen LogP contribution is -2.37. The largest absolute Gasteiger partial charge is 0.313 e. The summed E-state index contributed by atoms with van der Waals surface area (Å²) in [5.74, 6) is 0. The van der Waals surface area contributed by atoms with E-state index in [0.29, 0.717) is 0 Å². The molecule has 0 radical (unpaired) electrons. The molecule has 0 aromatic heterocycles. The van der Waals surface area contributed by atoms with E-state index in [-0.39, 0.29) is 5.54 Å². The van der Waals surface area contributed by atoms with Gasteiger partial charge in [0.2, 0.25) is 0 Å². The smallest absolute Gasteiger partial charge is 0.0210 e. The molecular weight excluding hydrogens is 232 g/mol. The van der Waals surface area contributed by atoms with Crippen molar-refractivity contribution in [2.45, 2.75) is 60.0 Å². The van der Waals surface area contributed by atoms with Crippen LogP contribution in [0.5, 0.6) is 0 Å². The van der Waals surface area contributed by atoms with Crippen molar-refractivity contribution in [3.63, 3.8) is 0 Å². The molecule has 19 heavy (non-hydrogen) atoms. The Kier molecular flexibility index (Phi) is 6.02. The van der Waals surface area contributed by atoms with Crippen LogP contribution < -0.4 is 10.6 Å². The average Bonchev–Trinajstić information content (AvgIpc) is 2.24. The van der Waals surface area contributed by atoms with Gasteiger partial charge in [-0.15, -0.1) is 0 Å². The van der Waals surface area contributed by atoms with E-state index in [4.69, 9.17) is 0 Å². The number of rotatable bonds is 6. The minimum Gasteiger partial charge on any atom is -0.313 e. The van der Waals surface area contributed by atoms with E-state index in [1.807, 2.05) is 0 Å². The van der Waals surface area contributed by atoms with E-state index in [9.17, 15) is 0 Å². The second kappa shape index (κ2) is 7.06. The van der Waals surface area contributed by atoms with Gasteiger partial charge in [-0.1, -0.05) is 17.7 Å². The fourth-order valence-electron chi connectivity index (χ4n) is 2.38. The zero-order valence-corrected chi connectivity index (χ0v) is 13.5. The predicted octanol–water partition coefficient (Wildman–Crippen LogP) is 3.48. The minimum atomic E-state index is 0.226. The van der Waals surface area contributed by atoms with Gasteiger partial charge in [-0.2, -0.15) is 0 Å². The molecule has 1 rings (SSSR count). The average molecular weight is 262 g/mol. The van der Waals surface area contributed by atoms with Crippen molar-refractivity contribution in [3.8, 4) is 0 Å². The molecule has 0 amide bonds. The van der Waals surface area contributed by atoms with Crippen molar-refractivity contribution >= 4 is 0 Å². The molecule has 0 aliphatic carbocycles. The fraction of sp³-hybridized carbons (Fsp3) is 0.647. The maximum Gasteiger partial charge on any atom is 0.0210 e. The summed E-state index contributed by atoms with van der Waals surface area (Å²) in [6.45, 7) is 16.3. The molecule has 0 unspecified atom stereocenters. The van der Waals surface area contributed by atoms with Crippen LogP contribution in [0.3, 0.4) is 0 Å². The summed E-state index contributed by atoms with van der Waals surface area (Å²) in [4.78, 5) is 0. The van der Waals surface area contributed by atoms with Gasteiger partial charge in [0, 0.05) is 12.1 Å². The minimum absolute atomic E-state index is 0.226. The number of aryl methyl sites for hydroxylation is 3. The van der Waals surface area contributed by atoms with Gasteiger partial charge in [0.1, 0.15) is 0 Å². The zero-order chi connectivity index (χ0) is 14.5. The van der Waals surface area contributed by atoms with Gasteiger partial charge in [0.25, 0.3) is 0 Å². The van der Waals surface area contributed by atoms with Crippen molar-refractivity contribution in [2.24, 2.45) is 0 Å². The van der Waals surface area contributed by atoms with Crippen molar-refractivity contribution < 1.29 is 0 Å². The quantitative estimate of drug-likeness (QED) is 0.767. The molecule has 0 atom stereocenters. The van der Waals surface area contributed by atoms with Crippen molar-refractivity contribution in [2.75, 3.05) is 13.1 Å². The van der Waals surface area contributed by atoms with Gasteiger partial charge in [-0.25, -0.2) is 0 Å². The molecule has 0 aliphatic rings. The van der Waals surface area contributed by atoms with Crippen molar-refractivity contribution in [3.05, 3.63) is 34.4 Å². The first-order valence-corrected chi connectivity index (χ1v) is 7.32. The van der Waals surface area contributed by atoms with Crippen LogP contribution in [0.15, 0.2) is 12.1 Å². The molecule has 2 N–H and O–H groups in total. The molecule has 108 valence electrons. The van der Waals surface area contributed by atoms with Gasteiger partial charge in [0.05, 0.1) is 0 Å². The number of hydrogen-bond donors (Lipinski definition) is 2. The first-order chi connectivity index (χ1) is 8.79. The molecule has 0 bridgehead atoms. The summed E-state index contributed by atoms with van der Waals surface area (Å²) in [6, 6.07) is 4.54. The molecule has 1 aromatic carbocycles. The molecule has 0 spiro atoms. The Hall–Kier alpha value is -0.860. The van der Waals surface area contributed by atoms with Crippen LogP contribution in [0.2, 0.25) is 0 Å². The van der Waals surface area contributed by atoms with E-state index in [1.165, 1.54) is 28.7 Å². The van der Waals surface area contributed by atoms with Crippen LogP contribution in [0.1, 0.15) is 49.4 Å². The molecule has 0 fully saturated rings. The first kappa shape index (κ1) is 16.2. The van der Waals surface area contributed by atoms with Gasteiger partial charge < -0.3 is 10.6 Å². The van der Waals surface area contributed by atoms with Crippen LogP contribution in [0.25, 0.3) is 0 Å². The molecule has 0 saturated heterocycles. The topological polar surface area (TPSA) is 24.1 Å². The second-order valence-corrected chi connectivity index (χ2v) is 6.58. The number of nitrogens with one attached hydrogen (secondary N) is 2. The highest BCUT2D eigenvalue weighted by Gasteiger charge is 2.07. The lowest BCUT2D eigenvalue weighted by Gasteiger charge is -2.20. The molecule has 0 saturated carbocycles. The van der Waals surface area contributed by atoms with Crippen LogP contribution in [0.4, 0.5) is 0 Å². The highest BCUT2D eigenvalue weighted by Crippen LogP contribution is 2.15. The number of hydrogen-bond acceptors (Lipinski definition) is 2. The second-order valence-electron chi connectivity index (χ2n) is 6.58. The third-order valence-electron chi connectivity index (χ3n) is 3.33. The van der Waals surface area contributed by atoms with Crippen LogP contribution in [-0.2, 0) is 6.54 Å². The number of benzene rings is 1. The van der Waals surface area contributed by atoms with Gasteiger partial charge in [0.15, 0.2) is 0 Å². The van der Waals surface area contributed by atoms with Crippen LogP contribution in [-0.4, -0.2) is 18.6 Å². The predicted molar refractivity (Wildman–Crippen MR) is 84.7 cm³/mol. The third kappa shape index (κ3) is 6.22. The van der Waals surface area contributed by atoms with Gasteiger partial charge >= 0.3 is 0 Å². The van der Waals surface area contributed by atoms with E-state index in [0.717, 1.165) is 19.6 Å². The highest BCUT2D eigenvalue weighted by molar-refractivity contribution is 5.37. The van der Waals surface area contributed by atoms with E-state index in [1.54, 1.807) is 0 Å². The lowest BCUT2D eigenvalue weighted by atomic mass is 10.00. The molecule has 0 heterocycles. The lowest BCUT2D eigenvalue weighted by molar-refractivity contribution is 0.418. The summed E-state index contributed by atoms with van der Waals surface area (Å²) in [5.41, 5.74) is 5.84. The maximum atomic E-state index is 3.55. The van der Waals surface area contributed by atoms with E-state index >= 15 is 0 Å². The van der Waals surface area contributed by atoms with Crippen LogP contribution in [0, 0.1) is 20.8 Å². The summed E-state index contributed by atoms with van der Waals surface area (Å²) in [6.07, 6.45) is 1.17. The Labute approximate surface area is 119 Å². The Morgan fingerprint density at radius 3 is 2.05 bits per heavy atom. The summed E-state index contributed by atoms with van der Waals surface area (Å²) >= 11 is 0. The fourth-order valence-corrected chi connectivity index (χ4v) is 2.38. The Morgan fingerprint density at radius 2 is 1.53 bits per heavy atom. The van der Waals surface area contributed by atoms with E-state index < -0.39 is 0 Å². The highest BCUT2D eigenvalue weighted by atomic mass is 14.9. The SMILES string of the molecule is Cc1cc(C)c(CNCCCNC(C)(C)C)c(C)c1. The Balaban J connectivity index is 2.30. The first-order valence-electron chi connectivity index (χ1n) is 7.32. The zero-order valence-electron chi connectivity index (χ0n) is 13.5. The molecule has 1 aromatic rings. The monoisotopic (exact) mass is 262 g/mol. The summed E-state index contributed by atoms with van der Waals surface area (Å²) in [5, 5.41) is 7.06. The van der Waals surface area contributed by atoms with Gasteiger partial charge in [-0.3, -0.25) is 0 Å². The van der Waals surface area contributed by atoms with E-state index in [2.05, 4.69) is 64.3 Å². The Morgan fingerprint density at radius 1 is 0.947 bits per heavy atom. The third-order valence-corrected chi connectivity index (χ3v) is 3.33. The standard InChI is InChI=1S/C17H30N2/c1-13-10-14(2)16(15(3)11-13)12-18-8-7-9-19-17(4,5)6/h10-11,18-19H,7-9,12H2,1-6H3. The molecular formula is C17H30N2. The van der Waals surface area contributed by atoms with Crippen LogP contribution >= 0.6 is 0 Å². The maximum absolute atomic E-state index is 3.55. The van der Waals surface area contributed by atoms with Crippen molar-refractivity contribution in [1.82, 2.24) is 10.6 Å². The Bertz CT molecular complexity index is 379. The molecule has 2 heteroatoms. The molecule has 2 nitrogen and oxygen atoms in total. The molecule has 0 aliphatic heterocycles. The normalized spacial score (nSPS) is 11.9. The van der Waals surface area contributed by atoms with Gasteiger partial charge in [-0.05, 0) is 77.7 Å².